The molecule has 0 radical (unpaired) electrons. The van der Waals surface area contributed by atoms with Gasteiger partial charge in [0.2, 0.25) is 5.91 Å². The highest BCUT2D eigenvalue weighted by molar-refractivity contribution is 5.91. The van der Waals surface area contributed by atoms with E-state index in [1.807, 2.05) is 12.1 Å². The first-order chi connectivity index (χ1) is 11.0. The number of nitrogens with one attached hydrogen (secondary N) is 1. The molecule has 23 heavy (non-hydrogen) atoms. The van der Waals surface area contributed by atoms with Gasteiger partial charge in [-0.1, -0.05) is 13.8 Å². The maximum Gasteiger partial charge on any atom is 0.224 e. The van der Waals surface area contributed by atoms with Crippen molar-refractivity contribution < 1.29 is 9.90 Å². The average Bonchev–Trinajstić information content (AvgIpc) is 2.54. The standard InChI is InChI=1S/C18H25N3O2/c1-13(2)3-6-18(23)20-15-4-5-17(14(11-15)12-19)21-9-7-16(22)8-10-21/h4-5,11,13,16,22H,3,6-10H2,1-2H3,(H,20,23). The van der Waals surface area contributed by atoms with Gasteiger partial charge < -0.3 is 15.3 Å². The minimum absolute atomic E-state index is 0.0172. The molecule has 1 aliphatic heterocycles. The number of carbonyl (C=O) groups is 1. The molecule has 5 heteroatoms. The number of benzene rings is 1. The number of nitrogens with zero attached hydrogens (tertiary/aromatic N) is 2. The van der Waals surface area contributed by atoms with E-state index < -0.39 is 0 Å². The number of aliphatic hydroxyl groups is 1. The first kappa shape index (κ1) is 17.3. The SMILES string of the molecule is CC(C)CCC(=O)Nc1ccc(N2CCC(O)CC2)c(C#N)c1. The van der Waals surface area contributed by atoms with Crippen LogP contribution in [0.2, 0.25) is 0 Å². The van der Waals surface area contributed by atoms with E-state index in [1.165, 1.54) is 0 Å². The van der Waals surface area contributed by atoms with E-state index in [4.69, 9.17) is 0 Å². The second-order valence-corrected chi connectivity index (χ2v) is 6.54. The summed E-state index contributed by atoms with van der Waals surface area (Å²) in [6, 6.07) is 7.67. The number of piperidine rings is 1. The van der Waals surface area contributed by atoms with Crippen molar-refractivity contribution in [3.63, 3.8) is 0 Å². The van der Waals surface area contributed by atoms with Gasteiger partial charge in [0.1, 0.15) is 6.07 Å². The summed E-state index contributed by atoms with van der Waals surface area (Å²) < 4.78 is 0. The molecule has 0 aromatic heterocycles. The topological polar surface area (TPSA) is 76.4 Å². The van der Waals surface area contributed by atoms with Crippen LogP contribution in [0.1, 0.15) is 45.1 Å². The van der Waals surface area contributed by atoms with Gasteiger partial charge in [0.25, 0.3) is 0 Å². The fourth-order valence-corrected chi connectivity index (χ4v) is 2.73. The van der Waals surface area contributed by atoms with Crippen molar-refractivity contribution in [2.45, 2.75) is 45.6 Å². The second-order valence-electron chi connectivity index (χ2n) is 6.54. The molecular weight excluding hydrogens is 290 g/mol. The molecule has 2 rings (SSSR count). The van der Waals surface area contributed by atoms with Crippen LogP contribution in [-0.4, -0.2) is 30.2 Å². The number of hydrogen-bond acceptors (Lipinski definition) is 4. The van der Waals surface area contributed by atoms with E-state index in [9.17, 15) is 15.2 Å². The first-order valence-corrected chi connectivity index (χ1v) is 8.26. The molecular formula is C18H25N3O2. The highest BCUT2D eigenvalue weighted by Gasteiger charge is 2.19. The summed E-state index contributed by atoms with van der Waals surface area (Å²) in [5, 5.41) is 21.9. The summed E-state index contributed by atoms with van der Waals surface area (Å²) in [5.74, 6) is 0.476. The van der Waals surface area contributed by atoms with Gasteiger partial charge in [0.15, 0.2) is 0 Å². The number of nitriles is 1. The molecule has 0 spiro atoms. The van der Waals surface area contributed by atoms with Gasteiger partial charge in [-0.15, -0.1) is 0 Å². The molecule has 0 atom stereocenters. The van der Waals surface area contributed by atoms with Gasteiger partial charge >= 0.3 is 0 Å². The molecule has 1 heterocycles. The Morgan fingerprint density at radius 1 is 1.43 bits per heavy atom. The van der Waals surface area contributed by atoms with Gasteiger partial charge in [0.05, 0.1) is 17.4 Å². The van der Waals surface area contributed by atoms with Crippen molar-refractivity contribution >= 4 is 17.3 Å². The monoisotopic (exact) mass is 315 g/mol. The molecule has 1 aliphatic rings. The van der Waals surface area contributed by atoms with E-state index in [0.717, 1.165) is 38.0 Å². The highest BCUT2D eigenvalue weighted by atomic mass is 16.3. The molecule has 124 valence electrons. The summed E-state index contributed by atoms with van der Waals surface area (Å²) in [6.45, 7) is 5.67. The van der Waals surface area contributed by atoms with Crippen LogP contribution in [-0.2, 0) is 4.79 Å². The second kappa shape index (κ2) is 7.98. The third-order valence-electron chi connectivity index (χ3n) is 4.15. The third-order valence-corrected chi connectivity index (χ3v) is 4.15. The fourth-order valence-electron chi connectivity index (χ4n) is 2.73. The molecule has 0 aliphatic carbocycles. The van der Waals surface area contributed by atoms with E-state index in [-0.39, 0.29) is 12.0 Å². The molecule has 1 aromatic carbocycles. The minimum Gasteiger partial charge on any atom is -0.393 e. The number of anilines is 2. The normalized spacial score (nSPS) is 15.5. The lowest BCUT2D eigenvalue weighted by molar-refractivity contribution is -0.116. The number of carbonyl (C=O) groups excluding carboxylic acids is 1. The summed E-state index contributed by atoms with van der Waals surface area (Å²) in [6.07, 6.45) is 2.55. The van der Waals surface area contributed by atoms with Crippen molar-refractivity contribution in [1.29, 1.82) is 5.26 Å². The Kier molecular flexibility index (Phi) is 6.00. The minimum atomic E-state index is -0.240. The van der Waals surface area contributed by atoms with Crippen LogP contribution in [0.3, 0.4) is 0 Å². The highest BCUT2D eigenvalue weighted by Crippen LogP contribution is 2.26. The predicted octanol–water partition coefficient (Wildman–Crippen LogP) is 2.89. The maximum atomic E-state index is 11.9. The van der Waals surface area contributed by atoms with E-state index in [0.29, 0.717) is 23.6 Å². The van der Waals surface area contributed by atoms with Gasteiger partial charge in [0, 0.05) is 25.2 Å². The molecule has 1 aromatic rings. The zero-order chi connectivity index (χ0) is 16.8. The summed E-state index contributed by atoms with van der Waals surface area (Å²) in [4.78, 5) is 14.0. The Bertz CT molecular complexity index is 584. The van der Waals surface area contributed by atoms with Crippen molar-refractivity contribution in [3.05, 3.63) is 23.8 Å². The van der Waals surface area contributed by atoms with E-state index >= 15 is 0 Å². The number of amides is 1. The first-order valence-electron chi connectivity index (χ1n) is 8.26. The summed E-state index contributed by atoms with van der Waals surface area (Å²) in [5.41, 5.74) is 2.10. The number of rotatable bonds is 5. The molecule has 1 amide bonds. The quantitative estimate of drug-likeness (QED) is 0.876. The van der Waals surface area contributed by atoms with E-state index in [2.05, 4.69) is 30.1 Å². The lowest BCUT2D eigenvalue weighted by Crippen LogP contribution is -2.36. The zero-order valence-electron chi connectivity index (χ0n) is 13.9. The molecule has 0 saturated carbocycles. The van der Waals surface area contributed by atoms with Crippen LogP contribution < -0.4 is 10.2 Å². The predicted molar refractivity (Wildman–Crippen MR) is 91.3 cm³/mol. The van der Waals surface area contributed by atoms with Crippen LogP contribution in [0.25, 0.3) is 0 Å². The number of aliphatic hydroxyl groups excluding tert-OH is 1. The molecule has 0 bridgehead atoms. The third kappa shape index (κ3) is 4.97. The van der Waals surface area contributed by atoms with Crippen LogP contribution in [0.15, 0.2) is 18.2 Å². The van der Waals surface area contributed by atoms with Crippen LogP contribution in [0.4, 0.5) is 11.4 Å². The molecule has 0 unspecified atom stereocenters. The van der Waals surface area contributed by atoms with Crippen molar-refractivity contribution in [2.24, 2.45) is 5.92 Å². The van der Waals surface area contributed by atoms with Crippen LogP contribution in [0.5, 0.6) is 0 Å². The lowest BCUT2D eigenvalue weighted by atomic mass is 10.0. The smallest absolute Gasteiger partial charge is 0.224 e. The Morgan fingerprint density at radius 3 is 2.74 bits per heavy atom. The zero-order valence-corrected chi connectivity index (χ0v) is 13.9. The van der Waals surface area contributed by atoms with Gasteiger partial charge in [-0.05, 0) is 43.4 Å². The van der Waals surface area contributed by atoms with Crippen LogP contribution in [0, 0.1) is 17.2 Å². The Labute approximate surface area is 137 Å². The molecule has 1 saturated heterocycles. The van der Waals surface area contributed by atoms with Crippen molar-refractivity contribution in [2.75, 3.05) is 23.3 Å². The maximum absolute atomic E-state index is 11.9. The summed E-state index contributed by atoms with van der Waals surface area (Å²) >= 11 is 0. The van der Waals surface area contributed by atoms with Gasteiger partial charge in [-0.25, -0.2) is 0 Å². The molecule has 1 fully saturated rings. The fraction of sp³-hybridized carbons (Fsp3) is 0.556. The van der Waals surface area contributed by atoms with Crippen molar-refractivity contribution in [1.82, 2.24) is 0 Å². The average molecular weight is 315 g/mol. The van der Waals surface area contributed by atoms with Gasteiger partial charge in [-0.3, -0.25) is 4.79 Å². The Hall–Kier alpha value is -2.06. The molecule has 2 N–H and O–H groups in total. The Morgan fingerprint density at radius 2 is 2.13 bits per heavy atom. The molecule has 5 nitrogen and oxygen atoms in total. The van der Waals surface area contributed by atoms with Crippen molar-refractivity contribution in [3.8, 4) is 6.07 Å². The van der Waals surface area contributed by atoms with E-state index in [1.54, 1.807) is 6.07 Å². The lowest BCUT2D eigenvalue weighted by Gasteiger charge is -2.32. The Balaban J connectivity index is 2.05. The summed E-state index contributed by atoms with van der Waals surface area (Å²) in [7, 11) is 0. The van der Waals surface area contributed by atoms with Gasteiger partial charge in [-0.2, -0.15) is 5.26 Å². The largest absolute Gasteiger partial charge is 0.393 e. The van der Waals surface area contributed by atoms with Crippen LogP contribution >= 0.6 is 0 Å². The number of hydrogen-bond donors (Lipinski definition) is 2.